The Morgan fingerprint density at radius 1 is 1.18 bits per heavy atom. The first-order valence-corrected chi connectivity index (χ1v) is 13.4. The van der Waals surface area contributed by atoms with Gasteiger partial charge in [-0.1, -0.05) is 0 Å². The minimum Gasteiger partial charge on any atom is -0.454 e. The number of nitrogens with one attached hydrogen (secondary N) is 2. The molecule has 0 radical (unpaired) electrons. The first-order valence-electron chi connectivity index (χ1n) is 12.5. The van der Waals surface area contributed by atoms with E-state index >= 15 is 0 Å². The van der Waals surface area contributed by atoms with Crippen molar-refractivity contribution in [2.45, 2.75) is 25.8 Å². The molecule has 8 nitrogen and oxygen atoms in total. The van der Waals surface area contributed by atoms with Crippen molar-refractivity contribution >= 4 is 50.6 Å². The van der Waals surface area contributed by atoms with Crippen molar-refractivity contribution in [1.82, 2.24) is 15.2 Å². The van der Waals surface area contributed by atoms with E-state index in [1.54, 1.807) is 37.4 Å². The fourth-order valence-corrected chi connectivity index (χ4v) is 6.17. The van der Waals surface area contributed by atoms with E-state index in [4.69, 9.17) is 4.74 Å². The Morgan fingerprint density at radius 3 is 2.79 bits per heavy atom. The number of rotatable bonds is 5. The van der Waals surface area contributed by atoms with Crippen LogP contribution in [0.2, 0.25) is 0 Å². The summed E-state index contributed by atoms with van der Waals surface area (Å²) in [6, 6.07) is 9.45. The molecule has 3 amide bonds. The van der Waals surface area contributed by atoms with Crippen LogP contribution < -0.4 is 20.3 Å². The number of amides is 3. The van der Waals surface area contributed by atoms with Crippen molar-refractivity contribution < 1.29 is 23.1 Å². The van der Waals surface area contributed by atoms with Gasteiger partial charge in [0.05, 0.1) is 22.4 Å². The number of hydrogen-bond donors (Lipinski definition) is 2. The van der Waals surface area contributed by atoms with E-state index in [1.165, 1.54) is 22.3 Å². The standard InChI is InChI=1S/C28H25F2N5O3S/c1-15-12-18(38-22-8-5-16(29)13-19(22)30)6-7-20(15)35-21-9-10-31-27-23(21)24(33-28(35)37)25(39-27)26(36)32-17-4-3-11-34(2)14-17/h5-10,12-13,17H,3-4,11,14H2,1-2H3,(H,32,36)(H,33,37). The van der Waals surface area contributed by atoms with Crippen LogP contribution in [-0.4, -0.2) is 48.0 Å². The molecular weight excluding hydrogens is 524 g/mol. The van der Waals surface area contributed by atoms with Crippen LogP contribution in [0.15, 0.2) is 48.7 Å². The number of aromatic nitrogens is 1. The van der Waals surface area contributed by atoms with Gasteiger partial charge in [-0.25, -0.2) is 18.6 Å². The fourth-order valence-electron chi connectivity index (χ4n) is 5.15. The Bertz CT molecular complexity index is 1620. The molecule has 2 aromatic heterocycles. The van der Waals surface area contributed by atoms with Crippen molar-refractivity contribution in [1.29, 1.82) is 0 Å². The number of ether oxygens (including phenoxy) is 1. The number of carbonyl (C=O) groups is 2. The lowest BCUT2D eigenvalue weighted by atomic mass is 10.1. The number of aryl methyl sites for hydroxylation is 1. The predicted octanol–water partition coefficient (Wildman–Crippen LogP) is 6.18. The van der Waals surface area contributed by atoms with Gasteiger partial charge in [-0.3, -0.25) is 9.69 Å². The minimum atomic E-state index is -0.813. The summed E-state index contributed by atoms with van der Waals surface area (Å²) in [4.78, 5) is 36.0. The van der Waals surface area contributed by atoms with Gasteiger partial charge in [0.2, 0.25) is 0 Å². The molecule has 0 saturated carbocycles. The molecular formula is C28H25F2N5O3S. The highest BCUT2D eigenvalue weighted by atomic mass is 32.1. The smallest absolute Gasteiger partial charge is 0.331 e. The topological polar surface area (TPSA) is 86.8 Å². The number of benzene rings is 2. The van der Waals surface area contributed by atoms with Crippen molar-refractivity contribution in [3.8, 4) is 11.5 Å². The third-order valence-corrected chi connectivity index (χ3v) is 8.04. The monoisotopic (exact) mass is 549 g/mol. The van der Waals surface area contributed by atoms with Crippen LogP contribution in [0.25, 0.3) is 10.2 Å². The number of carbonyl (C=O) groups excluding carboxylic acids is 2. The van der Waals surface area contributed by atoms with E-state index in [9.17, 15) is 18.4 Å². The van der Waals surface area contributed by atoms with E-state index in [-0.39, 0.29) is 17.7 Å². The minimum absolute atomic E-state index is 0.0450. The van der Waals surface area contributed by atoms with Crippen molar-refractivity contribution in [2.75, 3.05) is 30.4 Å². The number of halogens is 2. The molecule has 4 heterocycles. The first-order chi connectivity index (χ1) is 18.8. The molecule has 11 heteroatoms. The Kier molecular flexibility index (Phi) is 6.40. The van der Waals surface area contributed by atoms with E-state index < -0.39 is 17.7 Å². The van der Waals surface area contributed by atoms with Crippen LogP contribution in [0.3, 0.4) is 0 Å². The number of thiophene rings is 1. The van der Waals surface area contributed by atoms with Gasteiger partial charge in [-0.2, -0.15) is 0 Å². The molecule has 0 aliphatic carbocycles. The predicted molar refractivity (Wildman–Crippen MR) is 146 cm³/mol. The second-order valence-corrected chi connectivity index (χ2v) is 10.8. The van der Waals surface area contributed by atoms with E-state index in [1.807, 2.05) is 7.05 Å². The second kappa shape index (κ2) is 9.90. The van der Waals surface area contributed by atoms with Crippen molar-refractivity contribution in [3.63, 3.8) is 0 Å². The summed E-state index contributed by atoms with van der Waals surface area (Å²) in [7, 11) is 2.04. The fraction of sp³-hybridized carbons (Fsp3) is 0.250. The Morgan fingerprint density at radius 2 is 2.03 bits per heavy atom. The maximum Gasteiger partial charge on any atom is 0.331 e. The maximum absolute atomic E-state index is 14.1. The van der Waals surface area contributed by atoms with Gasteiger partial charge in [0, 0.05) is 24.8 Å². The Hall–Kier alpha value is -4.09. The Balaban J connectivity index is 1.32. The van der Waals surface area contributed by atoms with E-state index in [0.717, 1.165) is 38.1 Å². The number of piperidine rings is 1. The van der Waals surface area contributed by atoms with Gasteiger partial charge in [0.15, 0.2) is 11.6 Å². The number of hydrogen-bond acceptors (Lipinski definition) is 6. The molecule has 2 N–H and O–H groups in total. The summed E-state index contributed by atoms with van der Waals surface area (Å²) in [5.41, 5.74) is 2.34. The molecule has 1 atom stereocenters. The Labute approximate surface area is 227 Å². The molecule has 200 valence electrons. The molecule has 39 heavy (non-hydrogen) atoms. The molecule has 2 aliphatic heterocycles. The number of nitrogens with zero attached hydrogens (tertiary/aromatic N) is 3. The van der Waals surface area contributed by atoms with Gasteiger partial charge in [-0.05, 0) is 75.3 Å². The third-order valence-electron chi connectivity index (χ3n) is 6.94. The van der Waals surface area contributed by atoms with Gasteiger partial charge in [0.1, 0.15) is 21.3 Å². The normalized spacial score (nSPS) is 17.3. The number of anilines is 3. The number of urea groups is 1. The van der Waals surface area contributed by atoms with E-state index in [2.05, 4.69) is 20.5 Å². The largest absolute Gasteiger partial charge is 0.454 e. The second-order valence-electron chi connectivity index (χ2n) is 9.78. The molecule has 0 spiro atoms. The maximum atomic E-state index is 14.1. The van der Waals surface area contributed by atoms with Crippen LogP contribution in [-0.2, 0) is 0 Å². The third kappa shape index (κ3) is 4.68. The number of likely N-dealkylation sites (tertiary alicyclic amines) is 1. The number of pyridine rings is 1. The zero-order valence-corrected chi connectivity index (χ0v) is 22.1. The summed E-state index contributed by atoms with van der Waals surface area (Å²) in [5, 5.41) is 6.73. The molecule has 4 aromatic rings. The lowest BCUT2D eigenvalue weighted by Crippen LogP contribution is -2.46. The molecule has 6 rings (SSSR count). The molecule has 2 aromatic carbocycles. The van der Waals surface area contributed by atoms with Crippen LogP contribution in [0.4, 0.5) is 30.6 Å². The number of likely N-dealkylation sites (N-methyl/N-ethyl adjacent to an activating group) is 1. The van der Waals surface area contributed by atoms with Gasteiger partial charge in [0.25, 0.3) is 5.91 Å². The average molecular weight is 550 g/mol. The quantitative estimate of drug-likeness (QED) is 0.310. The van der Waals surface area contributed by atoms with Crippen LogP contribution in [0.5, 0.6) is 11.5 Å². The lowest BCUT2D eigenvalue weighted by Gasteiger charge is -2.31. The first kappa shape index (κ1) is 25.2. The highest BCUT2D eigenvalue weighted by Crippen LogP contribution is 2.46. The van der Waals surface area contributed by atoms with Crippen LogP contribution in [0, 0.1) is 18.6 Å². The lowest BCUT2D eigenvalue weighted by molar-refractivity contribution is 0.0917. The SMILES string of the molecule is Cc1cc(Oc2ccc(F)cc2F)ccc1N1C(=O)Nc2c(C(=O)NC3CCCN(C)C3)sc3nccc1c23. The zero-order chi connectivity index (χ0) is 27.3. The summed E-state index contributed by atoms with van der Waals surface area (Å²) < 4.78 is 32.9. The molecule has 1 unspecified atom stereocenters. The van der Waals surface area contributed by atoms with Gasteiger partial charge >= 0.3 is 6.03 Å². The zero-order valence-electron chi connectivity index (χ0n) is 21.3. The molecule has 1 fully saturated rings. The van der Waals surface area contributed by atoms with Crippen molar-refractivity contribution in [2.24, 2.45) is 0 Å². The summed E-state index contributed by atoms with van der Waals surface area (Å²) in [6.07, 6.45) is 3.54. The van der Waals surface area contributed by atoms with Gasteiger partial charge in [-0.15, -0.1) is 11.3 Å². The highest BCUT2D eigenvalue weighted by molar-refractivity contribution is 7.21. The summed E-state index contributed by atoms with van der Waals surface area (Å²) in [5.74, 6) is -1.50. The highest BCUT2D eigenvalue weighted by Gasteiger charge is 2.34. The van der Waals surface area contributed by atoms with Crippen molar-refractivity contribution in [3.05, 3.63) is 70.7 Å². The van der Waals surface area contributed by atoms with Crippen LogP contribution >= 0.6 is 11.3 Å². The molecule has 0 bridgehead atoms. The molecule has 1 saturated heterocycles. The average Bonchev–Trinajstić information content (AvgIpc) is 3.26. The summed E-state index contributed by atoms with van der Waals surface area (Å²) in [6.45, 7) is 3.59. The van der Waals surface area contributed by atoms with Crippen LogP contribution in [0.1, 0.15) is 28.1 Å². The summed E-state index contributed by atoms with van der Waals surface area (Å²) >= 11 is 1.25. The van der Waals surface area contributed by atoms with Gasteiger partial charge < -0.3 is 20.3 Å². The molecule has 2 aliphatic rings. The van der Waals surface area contributed by atoms with E-state index in [0.29, 0.717) is 43.5 Å².